The fourth-order valence-electron chi connectivity index (χ4n) is 4.63. The molecule has 39 heavy (non-hydrogen) atoms. The van der Waals surface area contributed by atoms with E-state index in [1.807, 2.05) is 79.7 Å². The number of methoxy groups -OCH3 is 1. The number of phenols is 1. The van der Waals surface area contributed by atoms with Crippen LogP contribution in [0.15, 0.2) is 84.9 Å². The molecule has 0 aliphatic rings. The van der Waals surface area contributed by atoms with E-state index >= 15 is 0 Å². The summed E-state index contributed by atoms with van der Waals surface area (Å²) in [5.41, 5.74) is 4.71. The maximum Gasteiger partial charge on any atom is 0.305 e. The molecule has 1 atom stereocenters. The highest BCUT2D eigenvalue weighted by Crippen LogP contribution is 2.28. The monoisotopic (exact) mass is 525 g/mol. The van der Waals surface area contributed by atoms with Crippen molar-refractivity contribution in [3.63, 3.8) is 0 Å². The lowest BCUT2D eigenvalue weighted by atomic mass is 9.94. The zero-order valence-electron chi connectivity index (χ0n) is 22.5. The van der Waals surface area contributed by atoms with Crippen LogP contribution in [0.25, 0.3) is 10.8 Å². The zero-order chi connectivity index (χ0) is 27.6. The molecule has 0 saturated heterocycles. The van der Waals surface area contributed by atoms with Crippen LogP contribution >= 0.6 is 0 Å². The van der Waals surface area contributed by atoms with Gasteiger partial charge in [0.1, 0.15) is 5.75 Å². The highest BCUT2D eigenvalue weighted by atomic mass is 16.5. The summed E-state index contributed by atoms with van der Waals surface area (Å²) in [6.45, 7) is 2.86. The quantitative estimate of drug-likeness (QED) is 0.162. The number of aryl methyl sites for hydroxylation is 1. The van der Waals surface area contributed by atoms with Crippen LogP contribution in [0.5, 0.6) is 5.75 Å². The van der Waals surface area contributed by atoms with Crippen molar-refractivity contribution < 1.29 is 24.2 Å². The van der Waals surface area contributed by atoms with E-state index in [1.54, 1.807) is 12.1 Å². The Labute approximate surface area is 229 Å². The third kappa shape index (κ3) is 7.68. The molecule has 2 N–H and O–H groups in total. The van der Waals surface area contributed by atoms with E-state index in [4.69, 9.17) is 9.47 Å². The summed E-state index contributed by atoms with van der Waals surface area (Å²) in [5.74, 6) is -0.449. The number of phenolic OH excluding ortho intramolecular Hbond substituents is 1. The van der Waals surface area contributed by atoms with Crippen LogP contribution in [-0.2, 0) is 38.5 Å². The molecule has 1 amide bonds. The third-order valence-electron chi connectivity index (χ3n) is 6.91. The summed E-state index contributed by atoms with van der Waals surface area (Å²) < 4.78 is 10.7. The minimum Gasteiger partial charge on any atom is -0.508 e. The molecule has 0 fully saturated rings. The Morgan fingerprint density at radius 3 is 2.44 bits per heavy atom. The molecule has 202 valence electrons. The molecule has 0 aliphatic heterocycles. The van der Waals surface area contributed by atoms with Gasteiger partial charge in [-0.1, -0.05) is 66.7 Å². The predicted molar refractivity (Wildman–Crippen MR) is 154 cm³/mol. The number of amides is 1. The number of ether oxygens (including phenoxy) is 2. The summed E-state index contributed by atoms with van der Waals surface area (Å²) in [6.07, 6.45) is 2.31. The molecule has 0 aliphatic carbocycles. The van der Waals surface area contributed by atoms with E-state index in [1.165, 1.54) is 7.11 Å². The predicted octanol–water partition coefficient (Wildman–Crippen LogP) is 6.54. The lowest BCUT2D eigenvalue weighted by molar-refractivity contribution is -0.140. The molecule has 0 radical (unpaired) electrons. The van der Waals surface area contributed by atoms with Crippen LogP contribution in [0, 0.1) is 0 Å². The number of fused-ring (bicyclic) bond motifs is 1. The first-order valence-electron chi connectivity index (χ1n) is 13.3. The molecule has 0 aromatic heterocycles. The number of rotatable bonds is 12. The van der Waals surface area contributed by atoms with Crippen LogP contribution in [0.4, 0.5) is 5.69 Å². The molecule has 6 nitrogen and oxygen atoms in total. The topological polar surface area (TPSA) is 84.9 Å². The molecule has 1 unspecified atom stereocenters. The fourth-order valence-corrected chi connectivity index (χ4v) is 4.63. The number of benzene rings is 4. The molecule has 0 heterocycles. The van der Waals surface area contributed by atoms with Gasteiger partial charge in [0.05, 0.1) is 26.2 Å². The summed E-state index contributed by atoms with van der Waals surface area (Å²) >= 11 is 0. The molecule has 0 spiro atoms. The van der Waals surface area contributed by atoms with E-state index in [2.05, 4.69) is 5.32 Å². The minimum atomic E-state index is -0.357. The molecule has 0 bridgehead atoms. The van der Waals surface area contributed by atoms with Crippen molar-refractivity contribution in [1.29, 1.82) is 0 Å². The highest BCUT2D eigenvalue weighted by molar-refractivity contribution is 5.99. The molecular weight excluding hydrogens is 490 g/mol. The van der Waals surface area contributed by atoms with Crippen LogP contribution in [0.3, 0.4) is 0 Å². The molecule has 6 heteroatoms. The molecule has 4 aromatic rings. The van der Waals surface area contributed by atoms with Gasteiger partial charge in [0.15, 0.2) is 0 Å². The van der Waals surface area contributed by atoms with Crippen LogP contribution in [0.2, 0.25) is 0 Å². The van der Waals surface area contributed by atoms with E-state index in [0.717, 1.165) is 45.1 Å². The lowest BCUT2D eigenvalue weighted by Crippen LogP contribution is -2.20. The van der Waals surface area contributed by atoms with E-state index < -0.39 is 0 Å². The second-order valence-electron chi connectivity index (χ2n) is 9.67. The minimum absolute atomic E-state index is 0.0917. The van der Waals surface area contributed by atoms with Crippen molar-refractivity contribution in [3.05, 3.63) is 107 Å². The Bertz CT molecular complexity index is 1410. The normalized spacial score (nSPS) is 11.7. The number of hydrogen-bond donors (Lipinski definition) is 2. The van der Waals surface area contributed by atoms with Gasteiger partial charge < -0.3 is 19.9 Å². The number of nitrogens with one attached hydrogen (secondary N) is 1. The highest BCUT2D eigenvalue weighted by Gasteiger charge is 2.19. The average molecular weight is 526 g/mol. The SMILES string of the molecule is COC(=O)CCCc1ccc(COCCc2ccc(O)cc2)cc1NC(=O)C(C)c1cccc2ccccc12. The standard InChI is InChI=1S/C33H35NO5/c1-23(29-11-5-8-26-7-3-4-10-30(26)29)33(37)34-31-21-25(13-16-27(31)9-6-12-32(36)38-2)22-39-20-19-24-14-17-28(35)18-15-24/h3-5,7-8,10-11,13-18,21,23,35H,6,9,12,19-20,22H2,1-2H3,(H,34,37). The van der Waals surface area contributed by atoms with Crippen molar-refractivity contribution in [2.45, 2.75) is 45.1 Å². The van der Waals surface area contributed by atoms with Crippen molar-refractivity contribution in [2.75, 3.05) is 19.0 Å². The van der Waals surface area contributed by atoms with Crippen LogP contribution in [0.1, 0.15) is 47.9 Å². The van der Waals surface area contributed by atoms with Gasteiger partial charge in [-0.15, -0.1) is 0 Å². The van der Waals surface area contributed by atoms with Gasteiger partial charge in [-0.25, -0.2) is 0 Å². The molecule has 4 rings (SSSR count). The lowest BCUT2D eigenvalue weighted by Gasteiger charge is -2.18. The largest absolute Gasteiger partial charge is 0.508 e. The first kappa shape index (κ1) is 27.9. The maximum absolute atomic E-state index is 13.5. The van der Waals surface area contributed by atoms with E-state index in [-0.39, 0.29) is 23.5 Å². The van der Waals surface area contributed by atoms with E-state index in [0.29, 0.717) is 32.5 Å². The Hall–Kier alpha value is -4.16. The zero-order valence-corrected chi connectivity index (χ0v) is 22.5. The molecular formula is C33H35NO5. The van der Waals surface area contributed by atoms with Gasteiger partial charge in [0, 0.05) is 12.1 Å². The van der Waals surface area contributed by atoms with Crippen molar-refractivity contribution in [2.24, 2.45) is 0 Å². The van der Waals surface area contributed by atoms with Gasteiger partial charge in [0.25, 0.3) is 0 Å². The Morgan fingerprint density at radius 1 is 0.897 bits per heavy atom. The van der Waals surface area contributed by atoms with Gasteiger partial charge >= 0.3 is 5.97 Å². The fraction of sp³-hybridized carbons (Fsp3) is 0.273. The van der Waals surface area contributed by atoms with Crippen molar-refractivity contribution in [3.8, 4) is 5.75 Å². The first-order chi connectivity index (χ1) is 18.9. The Morgan fingerprint density at radius 2 is 1.64 bits per heavy atom. The van der Waals surface area contributed by atoms with Crippen LogP contribution < -0.4 is 5.32 Å². The van der Waals surface area contributed by atoms with Gasteiger partial charge in [-0.3, -0.25) is 9.59 Å². The van der Waals surface area contributed by atoms with Gasteiger partial charge in [0.2, 0.25) is 5.91 Å². The summed E-state index contributed by atoms with van der Waals surface area (Å²) in [6, 6.07) is 27.2. The number of esters is 1. The van der Waals surface area contributed by atoms with Crippen molar-refractivity contribution >= 4 is 28.3 Å². The Kier molecular flexibility index (Phi) is 9.70. The smallest absolute Gasteiger partial charge is 0.305 e. The second-order valence-corrected chi connectivity index (χ2v) is 9.67. The van der Waals surface area contributed by atoms with E-state index in [9.17, 15) is 14.7 Å². The van der Waals surface area contributed by atoms with Gasteiger partial charge in [-0.05, 0) is 77.4 Å². The number of aromatic hydroxyl groups is 1. The molecule has 4 aromatic carbocycles. The summed E-state index contributed by atoms with van der Waals surface area (Å²) in [5, 5.41) is 14.8. The average Bonchev–Trinajstić information content (AvgIpc) is 2.96. The molecule has 0 saturated carbocycles. The van der Waals surface area contributed by atoms with Crippen LogP contribution in [-0.4, -0.2) is 30.7 Å². The number of anilines is 1. The Balaban J connectivity index is 1.46. The van der Waals surface area contributed by atoms with Gasteiger partial charge in [-0.2, -0.15) is 0 Å². The second kappa shape index (κ2) is 13.6. The number of hydrogen-bond acceptors (Lipinski definition) is 5. The first-order valence-corrected chi connectivity index (χ1v) is 13.3. The number of carbonyl (C=O) groups is 2. The third-order valence-corrected chi connectivity index (χ3v) is 6.91. The summed E-state index contributed by atoms with van der Waals surface area (Å²) in [7, 11) is 1.39. The number of carbonyl (C=O) groups excluding carboxylic acids is 2. The maximum atomic E-state index is 13.5. The van der Waals surface area contributed by atoms with Crippen molar-refractivity contribution in [1.82, 2.24) is 0 Å². The summed E-state index contributed by atoms with van der Waals surface area (Å²) in [4.78, 5) is 25.1.